The number of hydrogen-bond acceptors (Lipinski definition) is 2. The Hall–Kier alpha value is -1.22. The van der Waals surface area contributed by atoms with Gasteiger partial charge in [-0.25, -0.2) is 4.79 Å². The van der Waals surface area contributed by atoms with Gasteiger partial charge in [-0.3, -0.25) is 0 Å². The van der Waals surface area contributed by atoms with E-state index in [4.69, 9.17) is 11.6 Å². The maximum absolute atomic E-state index is 11.2. The molecule has 0 amide bonds. The third kappa shape index (κ3) is 2.25. The number of hydrogen-bond donors (Lipinski definition) is 1. The molecule has 92 valence electrons. The number of carbonyl (C=O) groups is 1. The second kappa shape index (κ2) is 4.57. The summed E-state index contributed by atoms with van der Waals surface area (Å²) >= 11 is 6.14. The van der Waals surface area contributed by atoms with Gasteiger partial charge in [-0.1, -0.05) is 31.5 Å². The zero-order valence-corrected chi connectivity index (χ0v) is 10.7. The second-order valence-corrected chi connectivity index (χ2v) is 5.21. The first kappa shape index (κ1) is 12.2. The van der Waals surface area contributed by atoms with Crippen LogP contribution >= 0.6 is 11.6 Å². The molecule has 2 atom stereocenters. The summed E-state index contributed by atoms with van der Waals surface area (Å²) < 4.78 is 0. The fourth-order valence-electron chi connectivity index (χ4n) is 2.32. The van der Waals surface area contributed by atoms with Crippen molar-refractivity contribution < 1.29 is 9.90 Å². The number of para-hydroxylation sites is 1. The van der Waals surface area contributed by atoms with Crippen LogP contribution in [0.3, 0.4) is 0 Å². The highest BCUT2D eigenvalue weighted by molar-refractivity contribution is 6.34. The molecule has 1 saturated heterocycles. The first-order valence-electron chi connectivity index (χ1n) is 5.77. The van der Waals surface area contributed by atoms with Crippen LogP contribution in [0.1, 0.15) is 24.2 Å². The van der Waals surface area contributed by atoms with Gasteiger partial charge in [0.1, 0.15) is 0 Å². The van der Waals surface area contributed by atoms with Gasteiger partial charge in [0.05, 0.1) is 16.3 Å². The molecule has 0 bridgehead atoms. The first-order chi connectivity index (χ1) is 8.00. The average molecular weight is 254 g/mol. The molecule has 1 aromatic carbocycles. The molecular weight excluding hydrogens is 238 g/mol. The van der Waals surface area contributed by atoms with Gasteiger partial charge in [-0.15, -0.1) is 0 Å². The lowest BCUT2D eigenvalue weighted by molar-refractivity contribution is 0.0697. The van der Waals surface area contributed by atoms with Crippen molar-refractivity contribution in [1.82, 2.24) is 0 Å². The third-order valence-electron chi connectivity index (χ3n) is 3.52. The van der Waals surface area contributed by atoms with Gasteiger partial charge in [0.15, 0.2) is 0 Å². The highest BCUT2D eigenvalue weighted by atomic mass is 35.5. The Labute approximate surface area is 106 Å². The summed E-state index contributed by atoms with van der Waals surface area (Å²) in [6.45, 7) is 6.10. The van der Waals surface area contributed by atoms with Crippen molar-refractivity contribution in [2.75, 3.05) is 18.0 Å². The topological polar surface area (TPSA) is 40.5 Å². The maximum Gasteiger partial charge on any atom is 0.337 e. The predicted octanol–water partition coefficient (Wildman–Crippen LogP) is 3.13. The number of rotatable bonds is 2. The zero-order valence-electron chi connectivity index (χ0n) is 9.98. The van der Waals surface area contributed by atoms with E-state index in [1.165, 1.54) is 0 Å². The Morgan fingerprint density at radius 2 is 1.94 bits per heavy atom. The zero-order chi connectivity index (χ0) is 12.6. The molecule has 0 radical (unpaired) electrons. The lowest BCUT2D eigenvalue weighted by atomic mass is 10.0. The van der Waals surface area contributed by atoms with E-state index >= 15 is 0 Å². The highest BCUT2D eigenvalue weighted by Crippen LogP contribution is 2.35. The van der Waals surface area contributed by atoms with Gasteiger partial charge >= 0.3 is 5.97 Å². The molecular formula is C13H16ClNO2. The summed E-state index contributed by atoms with van der Waals surface area (Å²) in [4.78, 5) is 13.3. The van der Waals surface area contributed by atoms with Crippen LogP contribution in [-0.4, -0.2) is 24.2 Å². The van der Waals surface area contributed by atoms with Gasteiger partial charge < -0.3 is 10.0 Å². The number of halogens is 1. The van der Waals surface area contributed by atoms with Crippen molar-refractivity contribution in [1.29, 1.82) is 0 Å². The molecule has 2 unspecified atom stereocenters. The smallest absolute Gasteiger partial charge is 0.337 e. The van der Waals surface area contributed by atoms with Gasteiger partial charge in [-0.05, 0) is 24.0 Å². The SMILES string of the molecule is CC1CN(c2c(Cl)cccc2C(=O)O)CC1C. The monoisotopic (exact) mass is 253 g/mol. The van der Waals surface area contributed by atoms with E-state index in [2.05, 4.69) is 18.7 Å². The maximum atomic E-state index is 11.2. The van der Waals surface area contributed by atoms with Gasteiger partial charge in [0.25, 0.3) is 0 Å². The average Bonchev–Trinajstić information content (AvgIpc) is 2.58. The van der Waals surface area contributed by atoms with Gasteiger partial charge in [0, 0.05) is 13.1 Å². The van der Waals surface area contributed by atoms with Crippen molar-refractivity contribution in [3.8, 4) is 0 Å². The molecule has 0 saturated carbocycles. The fraction of sp³-hybridized carbons (Fsp3) is 0.462. The molecule has 1 aliphatic rings. The summed E-state index contributed by atoms with van der Waals surface area (Å²) in [6, 6.07) is 5.03. The second-order valence-electron chi connectivity index (χ2n) is 4.80. The molecule has 1 aromatic rings. The summed E-state index contributed by atoms with van der Waals surface area (Å²) in [7, 11) is 0. The van der Waals surface area contributed by atoms with Crippen LogP contribution in [-0.2, 0) is 0 Å². The Morgan fingerprint density at radius 1 is 1.35 bits per heavy atom. The predicted molar refractivity (Wildman–Crippen MR) is 69.0 cm³/mol. The van der Waals surface area contributed by atoms with Crippen LogP contribution in [0.15, 0.2) is 18.2 Å². The van der Waals surface area contributed by atoms with E-state index in [1.807, 2.05) is 0 Å². The molecule has 0 aromatic heterocycles. The molecule has 4 heteroatoms. The van der Waals surface area contributed by atoms with Crippen LogP contribution in [0.4, 0.5) is 5.69 Å². The van der Waals surface area contributed by atoms with Crippen LogP contribution in [0.5, 0.6) is 0 Å². The number of carboxylic acids is 1. The summed E-state index contributed by atoms with van der Waals surface area (Å²) in [5.41, 5.74) is 0.955. The molecule has 0 aliphatic carbocycles. The van der Waals surface area contributed by atoms with E-state index in [-0.39, 0.29) is 0 Å². The van der Waals surface area contributed by atoms with Crippen LogP contribution in [0.25, 0.3) is 0 Å². The lowest BCUT2D eigenvalue weighted by Crippen LogP contribution is -2.22. The number of benzene rings is 1. The first-order valence-corrected chi connectivity index (χ1v) is 6.15. The lowest BCUT2D eigenvalue weighted by Gasteiger charge is -2.21. The van der Waals surface area contributed by atoms with Crippen LogP contribution < -0.4 is 4.90 Å². The normalized spacial score (nSPS) is 24.1. The Kier molecular flexibility index (Phi) is 3.29. The molecule has 1 N–H and O–H groups in total. The molecule has 0 spiro atoms. The van der Waals surface area contributed by atoms with E-state index in [0.717, 1.165) is 13.1 Å². The molecule has 1 fully saturated rings. The minimum absolute atomic E-state index is 0.291. The number of aromatic carboxylic acids is 1. The van der Waals surface area contributed by atoms with Gasteiger partial charge in [-0.2, -0.15) is 0 Å². The van der Waals surface area contributed by atoms with E-state index in [9.17, 15) is 9.90 Å². The molecule has 1 heterocycles. The largest absolute Gasteiger partial charge is 0.478 e. The van der Waals surface area contributed by atoms with Crippen molar-refractivity contribution in [3.63, 3.8) is 0 Å². The molecule has 17 heavy (non-hydrogen) atoms. The minimum atomic E-state index is -0.922. The standard InChI is InChI=1S/C13H16ClNO2/c1-8-6-15(7-9(8)2)12-10(13(16)17)4-3-5-11(12)14/h3-5,8-9H,6-7H2,1-2H3,(H,16,17). The molecule has 1 aliphatic heterocycles. The van der Waals surface area contributed by atoms with E-state index < -0.39 is 5.97 Å². The van der Waals surface area contributed by atoms with E-state index in [1.54, 1.807) is 18.2 Å². The number of anilines is 1. The van der Waals surface area contributed by atoms with Crippen molar-refractivity contribution in [2.45, 2.75) is 13.8 Å². The van der Waals surface area contributed by atoms with Crippen LogP contribution in [0.2, 0.25) is 5.02 Å². The number of nitrogens with zero attached hydrogens (tertiary/aromatic N) is 1. The highest BCUT2D eigenvalue weighted by Gasteiger charge is 2.29. The van der Waals surface area contributed by atoms with Crippen molar-refractivity contribution >= 4 is 23.3 Å². The Bertz CT molecular complexity index is 437. The van der Waals surface area contributed by atoms with Gasteiger partial charge in [0.2, 0.25) is 0 Å². The fourth-order valence-corrected chi connectivity index (χ4v) is 2.62. The van der Waals surface area contributed by atoms with E-state index in [0.29, 0.717) is 28.1 Å². The summed E-state index contributed by atoms with van der Waals surface area (Å²) in [6.07, 6.45) is 0. The number of carboxylic acid groups (broad SMARTS) is 1. The molecule has 2 rings (SSSR count). The van der Waals surface area contributed by atoms with Crippen molar-refractivity contribution in [2.24, 2.45) is 11.8 Å². The Balaban J connectivity index is 2.41. The Morgan fingerprint density at radius 3 is 2.47 bits per heavy atom. The quantitative estimate of drug-likeness (QED) is 0.880. The molecule has 3 nitrogen and oxygen atoms in total. The van der Waals surface area contributed by atoms with Crippen molar-refractivity contribution in [3.05, 3.63) is 28.8 Å². The minimum Gasteiger partial charge on any atom is -0.478 e. The third-order valence-corrected chi connectivity index (χ3v) is 3.83. The summed E-state index contributed by atoms with van der Waals surface area (Å²) in [5.74, 6) is 0.204. The van der Waals surface area contributed by atoms with Crippen LogP contribution in [0, 0.1) is 11.8 Å². The summed E-state index contributed by atoms with van der Waals surface area (Å²) in [5, 5.41) is 9.72.